The van der Waals surface area contributed by atoms with E-state index in [2.05, 4.69) is 0 Å². The molecule has 0 bridgehead atoms. The van der Waals surface area contributed by atoms with Gasteiger partial charge in [-0.15, -0.1) is 0 Å². The van der Waals surface area contributed by atoms with E-state index in [9.17, 15) is 9.59 Å². The Morgan fingerprint density at radius 1 is 1.41 bits per heavy atom. The van der Waals surface area contributed by atoms with Gasteiger partial charge >= 0.3 is 5.97 Å². The van der Waals surface area contributed by atoms with Crippen molar-refractivity contribution in [1.82, 2.24) is 4.90 Å². The molecule has 0 aromatic heterocycles. The average Bonchev–Trinajstić information content (AvgIpc) is 2.14. The van der Waals surface area contributed by atoms with Gasteiger partial charge in [0.05, 0.1) is 25.7 Å². The Morgan fingerprint density at radius 3 is 2.59 bits per heavy atom. The van der Waals surface area contributed by atoms with Gasteiger partial charge in [0.25, 0.3) is 0 Å². The number of amides is 1. The molecule has 1 heterocycles. The molecule has 0 spiro atoms. The van der Waals surface area contributed by atoms with Gasteiger partial charge in [0, 0.05) is 13.0 Å². The molecule has 1 aliphatic rings. The zero-order valence-corrected chi connectivity index (χ0v) is 10.7. The maximum absolute atomic E-state index is 12.1. The zero-order chi connectivity index (χ0) is 13.1. The van der Waals surface area contributed by atoms with Gasteiger partial charge in [-0.1, -0.05) is 20.8 Å². The zero-order valence-electron chi connectivity index (χ0n) is 10.7. The first-order valence-electron chi connectivity index (χ1n) is 5.88. The first-order chi connectivity index (χ1) is 7.79. The lowest BCUT2D eigenvalue weighted by Crippen LogP contribution is -2.50. The Morgan fingerprint density at radius 2 is 2.06 bits per heavy atom. The van der Waals surface area contributed by atoms with Crippen molar-refractivity contribution in [2.24, 2.45) is 5.41 Å². The van der Waals surface area contributed by atoms with Crippen LogP contribution < -0.4 is 0 Å². The number of ether oxygens (including phenoxy) is 1. The topological polar surface area (TPSA) is 66.8 Å². The normalized spacial score (nSPS) is 21.4. The van der Waals surface area contributed by atoms with Gasteiger partial charge in [0.1, 0.15) is 0 Å². The van der Waals surface area contributed by atoms with Crippen LogP contribution >= 0.6 is 0 Å². The number of hydrogen-bond acceptors (Lipinski definition) is 3. The summed E-state index contributed by atoms with van der Waals surface area (Å²) in [4.78, 5) is 24.5. The van der Waals surface area contributed by atoms with Crippen LogP contribution in [0.2, 0.25) is 0 Å². The Hall–Kier alpha value is -1.10. The quantitative estimate of drug-likeness (QED) is 0.806. The summed E-state index contributed by atoms with van der Waals surface area (Å²) in [5.74, 6) is -0.874. The van der Waals surface area contributed by atoms with E-state index in [1.54, 1.807) is 4.90 Å². The number of carbonyl (C=O) groups is 2. The molecule has 0 radical (unpaired) electrons. The van der Waals surface area contributed by atoms with Crippen LogP contribution in [0, 0.1) is 5.41 Å². The van der Waals surface area contributed by atoms with Gasteiger partial charge in [0.2, 0.25) is 5.91 Å². The van der Waals surface area contributed by atoms with Gasteiger partial charge < -0.3 is 14.7 Å². The predicted octanol–water partition coefficient (Wildman–Crippen LogP) is 1.12. The van der Waals surface area contributed by atoms with Crippen molar-refractivity contribution in [2.75, 3.05) is 19.8 Å². The summed E-state index contributed by atoms with van der Waals surface area (Å²) in [7, 11) is 0. The molecule has 0 saturated carbocycles. The molecule has 1 saturated heterocycles. The van der Waals surface area contributed by atoms with Crippen LogP contribution in [0.3, 0.4) is 0 Å². The second-order valence-electron chi connectivity index (χ2n) is 5.65. The van der Waals surface area contributed by atoms with Crippen molar-refractivity contribution >= 4 is 11.9 Å². The molecule has 1 amide bonds. The average molecular weight is 243 g/mol. The Bertz CT molecular complexity index is 295. The summed E-state index contributed by atoms with van der Waals surface area (Å²) in [5, 5.41) is 8.80. The molecule has 1 unspecified atom stereocenters. The van der Waals surface area contributed by atoms with Crippen molar-refractivity contribution in [2.45, 2.75) is 39.7 Å². The van der Waals surface area contributed by atoms with E-state index in [-0.39, 0.29) is 23.8 Å². The van der Waals surface area contributed by atoms with Gasteiger partial charge in [-0.25, -0.2) is 0 Å². The SMILES string of the molecule is CC(C)(C)CC(=O)N1CCOCC1CC(=O)O. The van der Waals surface area contributed by atoms with Crippen molar-refractivity contribution in [1.29, 1.82) is 0 Å². The van der Waals surface area contributed by atoms with Crippen molar-refractivity contribution < 1.29 is 19.4 Å². The molecule has 17 heavy (non-hydrogen) atoms. The van der Waals surface area contributed by atoms with E-state index in [0.29, 0.717) is 26.2 Å². The van der Waals surface area contributed by atoms with Crippen LogP contribution in [0.15, 0.2) is 0 Å². The summed E-state index contributed by atoms with van der Waals surface area (Å²) < 4.78 is 5.24. The van der Waals surface area contributed by atoms with Gasteiger partial charge in [0.15, 0.2) is 0 Å². The van der Waals surface area contributed by atoms with Crippen LogP contribution in [0.4, 0.5) is 0 Å². The van der Waals surface area contributed by atoms with Crippen molar-refractivity contribution in [3.8, 4) is 0 Å². The molecule has 0 aromatic carbocycles. The molecule has 1 aliphatic heterocycles. The number of carbonyl (C=O) groups excluding carboxylic acids is 1. The van der Waals surface area contributed by atoms with Crippen LogP contribution in [0.1, 0.15) is 33.6 Å². The fraction of sp³-hybridized carbons (Fsp3) is 0.833. The number of carboxylic acid groups (broad SMARTS) is 1. The highest BCUT2D eigenvalue weighted by atomic mass is 16.5. The monoisotopic (exact) mass is 243 g/mol. The highest BCUT2D eigenvalue weighted by Gasteiger charge is 2.30. The summed E-state index contributed by atoms with van der Waals surface area (Å²) in [6.45, 7) is 7.30. The molecule has 5 nitrogen and oxygen atoms in total. The second-order valence-corrected chi connectivity index (χ2v) is 5.65. The third-order valence-corrected chi connectivity index (χ3v) is 2.64. The third kappa shape index (κ3) is 4.73. The summed E-state index contributed by atoms with van der Waals surface area (Å²) >= 11 is 0. The second kappa shape index (κ2) is 5.49. The molecule has 0 aromatic rings. The van der Waals surface area contributed by atoms with E-state index < -0.39 is 5.97 Å². The summed E-state index contributed by atoms with van der Waals surface area (Å²) in [5.41, 5.74) is -0.0802. The van der Waals surface area contributed by atoms with E-state index in [1.807, 2.05) is 20.8 Å². The van der Waals surface area contributed by atoms with E-state index in [1.165, 1.54) is 0 Å². The predicted molar refractivity (Wildman–Crippen MR) is 62.6 cm³/mol. The fourth-order valence-corrected chi connectivity index (χ4v) is 1.91. The molecule has 5 heteroatoms. The smallest absolute Gasteiger partial charge is 0.305 e. The minimum absolute atomic E-state index is 0.0204. The van der Waals surface area contributed by atoms with Gasteiger partial charge in [-0.2, -0.15) is 0 Å². The first-order valence-corrected chi connectivity index (χ1v) is 5.88. The molecule has 0 aliphatic carbocycles. The lowest BCUT2D eigenvalue weighted by atomic mass is 9.91. The van der Waals surface area contributed by atoms with Crippen molar-refractivity contribution in [3.05, 3.63) is 0 Å². The maximum atomic E-state index is 12.1. The number of morpholine rings is 1. The lowest BCUT2D eigenvalue weighted by Gasteiger charge is -2.36. The van der Waals surface area contributed by atoms with E-state index in [0.717, 1.165) is 0 Å². The maximum Gasteiger partial charge on any atom is 0.305 e. The number of aliphatic carboxylic acids is 1. The van der Waals surface area contributed by atoms with Crippen LogP contribution in [-0.2, 0) is 14.3 Å². The largest absolute Gasteiger partial charge is 0.481 e. The highest BCUT2D eigenvalue weighted by molar-refractivity contribution is 5.78. The molecular weight excluding hydrogens is 222 g/mol. The first kappa shape index (κ1) is 14.0. The Kier molecular flexibility index (Phi) is 4.51. The van der Waals surface area contributed by atoms with Crippen LogP contribution in [-0.4, -0.2) is 47.7 Å². The molecular formula is C12H21NO4. The molecule has 1 fully saturated rings. The van der Waals surface area contributed by atoms with Crippen molar-refractivity contribution in [3.63, 3.8) is 0 Å². The minimum atomic E-state index is -0.894. The fourth-order valence-electron chi connectivity index (χ4n) is 1.91. The third-order valence-electron chi connectivity index (χ3n) is 2.64. The molecule has 1 rings (SSSR count). The van der Waals surface area contributed by atoms with Crippen LogP contribution in [0.25, 0.3) is 0 Å². The number of nitrogens with zero attached hydrogens (tertiary/aromatic N) is 1. The van der Waals surface area contributed by atoms with E-state index >= 15 is 0 Å². The standard InChI is InChI=1S/C12H21NO4/c1-12(2,3)7-10(14)13-4-5-17-8-9(13)6-11(15)16/h9H,4-8H2,1-3H3,(H,15,16). The van der Waals surface area contributed by atoms with Gasteiger partial charge in [-0.3, -0.25) is 9.59 Å². The van der Waals surface area contributed by atoms with E-state index in [4.69, 9.17) is 9.84 Å². The van der Waals surface area contributed by atoms with Gasteiger partial charge in [-0.05, 0) is 5.41 Å². The summed E-state index contributed by atoms with van der Waals surface area (Å²) in [6.07, 6.45) is 0.388. The lowest BCUT2D eigenvalue weighted by molar-refractivity contribution is -0.147. The minimum Gasteiger partial charge on any atom is -0.481 e. The number of rotatable bonds is 3. The molecule has 98 valence electrons. The number of hydrogen-bond donors (Lipinski definition) is 1. The Labute approximate surface area is 102 Å². The van der Waals surface area contributed by atoms with Crippen LogP contribution in [0.5, 0.6) is 0 Å². The number of carboxylic acids is 1. The Balaban J connectivity index is 2.64. The molecule has 1 atom stereocenters. The summed E-state index contributed by atoms with van der Waals surface area (Å²) in [6, 6.07) is -0.323. The highest BCUT2D eigenvalue weighted by Crippen LogP contribution is 2.22. The molecule has 1 N–H and O–H groups in total.